The Morgan fingerprint density at radius 2 is 2.18 bits per heavy atom. The third-order valence-electron chi connectivity index (χ3n) is 2.41. The van der Waals surface area contributed by atoms with Crippen LogP contribution in [-0.2, 0) is 11.2 Å². The molecule has 0 fully saturated rings. The van der Waals surface area contributed by atoms with Crippen molar-refractivity contribution in [2.45, 2.75) is 6.42 Å². The van der Waals surface area contributed by atoms with E-state index in [1.807, 2.05) is 0 Å². The lowest BCUT2D eigenvalue weighted by Crippen LogP contribution is -2.02. The number of fused-ring (bicyclic) bond motifs is 1. The SMILES string of the molecule is O=C(O)Cc1cc([N+](=O)[O-])cc2c1ccn2O. The fourth-order valence-corrected chi connectivity index (χ4v) is 1.70. The molecular weight excluding hydrogens is 228 g/mol. The van der Waals surface area contributed by atoms with Gasteiger partial charge in [-0.1, -0.05) is 0 Å². The molecule has 17 heavy (non-hydrogen) atoms. The fraction of sp³-hybridized carbons (Fsp3) is 0.100. The minimum atomic E-state index is -1.09. The molecule has 0 aliphatic carbocycles. The van der Waals surface area contributed by atoms with Crippen LogP contribution in [0.1, 0.15) is 5.56 Å². The molecule has 1 aromatic carbocycles. The Hall–Kier alpha value is -2.57. The molecule has 0 atom stereocenters. The molecule has 0 saturated heterocycles. The average Bonchev–Trinajstić information content (AvgIpc) is 2.60. The van der Waals surface area contributed by atoms with Crippen LogP contribution < -0.4 is 0 Å². The summed E-state index contributed by atoms with van der Waals surface area (Å²) in [6.07, 6.45) is 0.974. The molecule has 0 amide bonds. The molecule has 1 heterocycles. The number of carboxylic acid groups (broad SMARTS) is 1. The van der Waals surface area contributed by atoms with Gasteiger partial charge >= 0.3 is 5.97 Å². The van der Waals surface area contributed by atoms with E-state index in [1.54, 1.807) is 0 Å². The Balaban J connectivity index is 2.70. The largest absolute Gasteiger partial charge is 0.481 e. The Morgan fingerprint density at radius 3 is 2.76 bits per heavy atom. The van der Waals surface area contributed by atoms with Gasteiger partial charge in [0.2, 0.25) is 0 Å². The lowest BCUT2D eigenvalue weighted by Gasteiger charge is -2.01. The zero-order valence-corrected chi connectivity index (χ0v) is 8.53. The minimum absolute atomic E-state index is 0.218. The molecule has 1 aromatic heterocycles. The van der Waals surface area contributed by atoms with Gasteiger partial charge in [-0.15, -0.1) is 0 Å². The Labute approximate surface area is 94.6 Å². The summed E-state index contributed by atoms with van der Waals surface area (Å²) in [5.41, 5.74) is 0.271. The van der Waals surface area contributed by atoms with Crippen molar-refractivity contribution in [3.05, 3.63) is 40.1 Å². The second-order valence-electron chi connectivity index (χ2n) is 3.53. The van der Waals surface area contributed by atoms with Crippen molar-refractivity contribution in [1.29, 1.82) is 0 Å². The van der Waals surface area contributed by atoms with E-state index in [0.29, 0.717) is 10.9 Å². The van der Waals surface area contributed by atoms with Crippen molar-refractivity contribution in [2.75, 3.05) is 0 Å². The lowest BCUT2D eigenvalue weighted by molar-refractivity contribution is -0.384. The third kappa shape index (κ3) is 1.89. The topological polar surface area (TPSA) is 106 Å². The zero-order chi connectivity index (χ0) is 12.6. The van der Waals surface area contributed by atoms with E-state index in [0.717, 1.165) is 4.73 Å². The van der Waals surface area contributed by atoms with Crippen molar-refractivity contribution in [2.24, 2.45) is 0 Å². The van der Waals surface area contributed by atoms with Gasteiger partial charge in [0.1, 0.15) is 0 Å². The summed E-state index contributed by atoms with van der Waals surface area (Å²) in [5.74, 6) is -1.09. The highest BCUT2D eigenvalue weighted by atomic mass is 16.6. The molecular formula is C10H8N2O5. The molecule has 7 nitrogen and oxygen atoms in total. The van der Waals surface area contributed by atoms with Gasteiger partial charge in [-0.3, -0.25) is 14.9 Å². The number of nitro benzene ring substituents is 1. The molecule has 88 valence electrons. The molecule has 2 rings (SSSR count). The first kappa shape index (κ1) is 10.9. The number of nitro groups is 1. The highest BCUT2D eigenvalue weighted by molar-refractivity contribution is 5.88. The molecule has 0 spiro atoms. The molecule has 7 heteroatoms. The number of carbonyl (C=O) groups is 1. The van der Waals surface area contributed by atoms with Gasteiger partial charge in [0.05, 0.1) is 16.9 Å². The van der Waals surface area contributed by atoms with Gasteiger partial charge < -0.3 is 10.3 Å². The fourth-order valence-electron chi connectivity index (χ4n) is 1.70. The zero-order valence-electron chi connectivity index (χ0n) is 8.53. The highest BCUT2D eigenvalue weighted by Gasteiger charge is 2.15. The van der Waals surface area contributed by atoms with Crippen molar-refractivity contribution in [3.63, 3.8) is 0 Å². The van der Waals surface area contributed by atoms with E-state index in [2.05, 4.69) is 0 Å². The van der Waals surface area contributed by atoms with Gasteiger partial charge in [0.15, 0.2) is 0 Å². The summed E-state index contributed by atoms with van der Waals surface area (Å²) < 4.78 is 0.730. The summed E-state index contributed by atoms with van der Waals surface area (Å²) in [4.78, 5) is 20.7. The first-order valence-electron chi connectivity index (χ1n) is 4.68. The van der Waals surface area contributed by atoms with Crippen LogP contribution in [-0.4, -0.2) is 25.9 Å². The first-order chi connectivity index (χ1) is 7.99. The van der Waals surface area contributed by atoms with Crippen molar-refractivity contribution >= 4 is 22.6 Å². The summed E-state index contributed by atoms with van der Waals surface area (Å²) >= 11 is 0. The summed E-state index contributed by atoms with van der Waals surface area (Å²) in [6, 6.07) is 3.91. The van der Waals surface area contributed by atoms with Gasteiger partial charge in [-0.2, -0.15) is 4.73 Å². The number of nitrogens with zero attached hydrogens (tertiary/aromatic N) is 2. The number of hydrogen-bond acceptors (Lipinski definition) is 4. The van der Waals surface area contributed by atoms with E-state index in [-0.39, 0.29) is 17.6 Å². The van der Waals surface area contributed by atoms with Crippen molar-refractivity contribution in [3.8, 4) is 0 Å². The number of hydrogen-bond donors (Lipinski definition) is 2. The van der Waals surface area contributed by atoms with Crippen molar-refractivity contribution < 1.29 is 20.0 Å². The third-order valence-corrected chi connectivity index (χ3v) is 2.41. The quantitative estimate of drug-likeness (QED) is 0.476. The summed E-state index contributed by atoms with van der Waals surface area (Å²) in [6.45, 7) is 0. The standard InChI is InChI=1S/C10H8N2O5/c13-10(14)4-6-3-7(12(16)17)5-9-8(6)1-2-11(9)15/h1-3,5,15H,4H2,(H,13,14). The van der Waals surface area contributed by atoms with Gasteiger partial charge in [0.25, 0.3) is 5.69 Å². The molecule has 2 aromatic rings. The van der Waals surface area contributed by atoms with Crippen LogP contribution in [0.25, 0.3) is 10.9 Å². The number of carboxylic acids is 1. The molecule has 0 bridgehead atoms. The van der Waals surface area contributed by atoms with E-state index in [9.17, 15) is 20.1 Å². The maximum absolute atomic E-state index is 10.7. The Kier molecular flexibility index (Phi) is 2.43. The molecule has 0 saturated carbocycles. The highest BCUT2D eigenvalue weighted by Crippen LogP contribution is 2.26. The van der Waals surface area contributed by atoms with Crippen LogP contribution in [0.5, 0.6) is 0 Å². The van der Waals surface area contributed by atoms with Crippen LogP contribution in [0.4, 0.5) is 5.69 Å². The minimum Gasteiger partial charge on any atom is -0.481 e. The van der Waals surface area contributed by atoms with Crippen LogP contribution in [0, 0.1) is 10.1 Å². The van der Waals surface area contributed by atoms with Gasteiger partial charge in [-0.25, -0.2) is 0 Å². The molecule has 0 aliphatic rings. The molecule has 0 aliphatic heterocycles. The number of aliphatic carboxylic acids is 1. The Morgan fingerprint density at radius 1 is 1.47 bits per heavy atom. The molecule has 2 N–H and O–H groups in total. The van der Waals surface area contributed by atoms with Crippen LogP contribution in [0.3, 0.4) is 0 Å². The second-order valence-corrected chi connectivity index (χ2v) is 3.53. The molecule has 0 radical (unpaired) electrons. The number of benzene rings is 1. The van der Waals surface area contributed by atoms with Gasteiger partial charge in [0, 0.05) is 23.7 Å². The van der Waals surface area contributed by atoms with E-state index < -0.39 is 10.9 Å². The Bertz CT molecular complexity index is 616. The maximum atomic E-state index is 10.7. The first-order valence-corrected chi connectivity index (χ1v) is 4.68. The monoisotopic (exact) mass is 236 g/mol. The summed E-state index contributed by atoms with van der Waals surface area (Å²) in [5, 5.41) is 29.3. The second kappa shape index (κ2) is 3.78. The van der Waals surface area contributed by atoms with Gasteiger partial charge in [-0.05, 0) is 11.6 Å². The van der Waals surface area contributed by atoms with E-state index >= 15 is 0 Å². The normalized spacial score (nSPS) is 10.6. The van der Waals surface area contributed by atoms with E-state index in [4.69, 9.17) is 5.11 Å². The lowest BCUT2D eigenvalue weighted by atomic mass is 10.1. The van der Waals surface area contributed by atoms with E-state index in [1.165, 1.54) is 24.4 Å². The number of rotatable bonds is 3. The smallest absolute Gasteiger partial charge is 0.307 e. The van der Waals surface area contributed by atoms with Crippen LogP contribution in [0.15, 0.2) is 24.4 Å². The number of non-ortho nitro benzene ring substituents is 1. The van der Waals surface area contributed by atoms with Crippen LogP contribution >= 0.6 is 0 Å². The molecule has 0 unspecified atom stereocenters. The summed E-state index contributed by atoms with van der Waals surface area (Å²) in [7, 11) is 0. The predicted molar refractivity (Wildman–Crippen MR) is 57.1 cm³/mol. The maximum Gasteiger partial charge on any atom is 0.307 e. The van der Waals surface area contributed by atoms with Crippen molar-refractivity contribution in [1.82, 2.24) is 4.73 Å². The van der Waals surface area contributed by atoms with Crippen LogP contribution in [0.2, 0.25) is 0 Å². The average molecular weight is 236 g/mol. The predicted octanol–water partition coefficient (Wildman–Crippen LogP) is 1.41. The number of aromatic nitrogens is 1.